The van der Waals surface area contributed by atoms with E-state index in [1.54, 1.807) is 48.8 Å². The van der Waals surface area contributed by atoms with E-state index >= 15 is 0 Å². The van der Waals surface area contributed by atoms with Crippen LogP contribution in [-0.4, -0.2) is 37.5 Å². The maximum atomic E-state index is 12.3. The van der Waals surface area contributed by atoms with Gasteiger partial charge in [-0.25, -0.2) is 23.1 Å². The summed E-state index contributed by atoms with van der Waals surface area (Å²) in [5.74, 6) is 0.701. The van der Waals surface area contributed by atoms with E-state index in [0.717, 1.165) is 25.9 Å². The number of benzene rings is 1. The predicted octanol–water partition coefficient (Wildman–Crippen LogP) is 1.42. The highest BCUT2D eigenvalue weighted by molar-refractivity contribution is 7.89. The van der Waals surface area contributed by atoms with Gasteiger partial charge in [-0.2, -0.15) is 0 Å². The summed E-state index contributed by atoms with van der Waals surface area (Å²) in [4.78, 5) is 10.8. The molecule has 0 aliphatic carbocycles. The molecule has 0 atom stereocenters. The van der Waals surface area contributed by atoms with E-state index in [1.807, 2.05) is 0 Å². The summed E-state index contributed by atoms with van der Waals surface area (Å²) in [5, 5.41) is 0. The smallest absolute Gasteiger partial charge is 0.240 e. The van der Waals surface area contributed by atoms with Crippen molar-refractivity contribution in [3.05, 3.63) is 48.8 Å². The Morgan fingerprint density at radius 3 is 2.27 bits per heavy atom. The lowest BCUT2D eigenvalue weighted by Crippen LogP contribution is -2.45. The molecule has 1 aliphatic rings. The number of piperidine rings is 1. The molecule has 0 spiro atoms. The minimum Gasteiger partial charge on any atom is -0.341 e. The summed E-state index contributed by atoms with van der Waals surface area (Å²) in [6, 6.07) is 10.2. The van der Waals surface area contributed by atoms with E-state index < -0.39 is 10.0 Å². The van der Waals surface area contributed by atoms with Gasteiger partial charge < -0.3 is 4.90 Å². The van der Waals surface area contributed by atoms with Gasteiger partial charge in [-0.15, -0.1) is 0 Å². The average molecular weight is 318 g/mol. The first-order valence-electron chi connectivity index (χ1n) is 7.24. The van der Waals surface area contributed by atoms with Gasteiger partial charge in [-0.1, -0.05) is 18.2 Å². The van der Waals surface area contributed by atoms with E-state index in [0.29, 0.717) is 10.8 Å². The van der Waals surface area contributed by atoms with Crippen LogP contribution < -0.4 is 9.62 Å². The monoisotopic (exact) mass is 318 g/mol. The summed E-state index contributed by atoms with van der Waals surface area (Å²) in [5.41, 5.74) is 0. The standard InChI is InChI=1S/C15H18N4O2S/c20-22(21,14-5-2-1-3-6-14)18-13-7-11-19(12-8-13)15-16-9-4-10-17-15/h1-6,9-10,13,18H,7-8,11-12H2. The molecule has 0 bridgehead atoms. The van der Waals surface area contributed by atoms with E-state index in [1.165, 1.54) is 0 Å². The Balaban J connectivity index is 1.61. The third-order valence-corrected chi connectivity index (χ3v) is 5.24. The fraction of sp³-hybridized carbons (Fsp3) is 0.333. The Morgan fingerprint density at radius 2 is 1.64 bits per heavy atom. The van der Waals surface area contributed by atoms with Gasteiger partial charge in [0.15, 0.2) is 0 Å². The van der Waals surface area contributed by atoms with E-state index in [2.05, 4.69) is 19.6 Å². The average Bonchev–Trinajstić information content (AvgIpc) is 2.57. The second-order valence-corrected chi connectivity index (χ2v) is 6.96. The van der Waals surface area contributed by atoms with Crippen LogP contribution in [0.2, 0.25) is 0 Å². The SMILES string of the molecule is O=S(=O)(NC1CCN(c2ncccn2)CC1)c1ccccc1. The lowest BCUT2D eigenvalue weighted by molar-refractivity contribution is 0.456. The van der Waals surface area contributed by atoms with Crippen LogP contribution in [0.15, 0.2) is 53.7 Å². The molecule has 1 aromatic heterocycles. The summed E-state index contributed by atoms with van der Waals surface area (Å²) >= 11 is 0. The summed E-state index contributed by atoms with van der Waals surface area (Å²) in [6.45, 7) is 1.48. The molecule has 2 heterocycles. The maximum Gasteiger partial charge on any atom is 0.240 e. The minimum atomic E-state index is -3.44. The molecule has 1 saturated heterocycles. The van der Waals surface area contributed by atoms with Crippen molar-refractivity contribution in [3.8, 4) is 0 Å². The molecule has 0 amide bonds. The van der Waals surface area contributed by atoms with Crippen LogP contribution in [0, 0.1) is 0 Å². The predicted molar refractivity (Wildman–Crippen MR) is 84.0 cm³/mol. The van der Waals surface area contributed by atoms with Crippen LogP contribution in [-0.2, 0) is 10.0 Å². The molecule has 7 heteroatoms. The van der Waals surface area contributed by atoms with Crippen molar-refractivity contribution < 1.29 is 8.42 Å². The Labute approximate surface area is 130 Å². The fourth-order valence-electron chi connectivity index (χ4n) is 2.54. The van der Waals surface area contributed by atoms with Crippen molar-refractivity contribution in [1.29, 1.82) is 0 Å². The summed E-state index contributed by atoms with van der Waals surface area (Å²) < 4.78 is 27.4. The second-order valence-electron chi connectivity index (χ2n) is 5.24. The van der Waals surface area contributed by atoms with E-state index in [4.69, 9.17) is 0 Å². The topological polar surface area (TPSA) is 75.2 Å². The molecule has 1 aromatic carbocycles. The van der Waals surface area contributed by atoms with E-state index in [-0.39, 0.29) is 6.04 Å². The lowest BCUT2D eigenvalue weighted by atomic mass is 10.1. The van der Waals surface area contributed by atoms with Gasteiger partial charge in [-0.05, 0) is 31.0 Å². The van der Waals surface area contributed by atoms with Gasteiger partial charge in [-0.3, -0.25) is 0 Å². The highest BCUT2D eigenvalue weighted by atomic mass is 32.2. The van der Waals surface area contributed by atoms with Gasteiger partial charge in [0.25, 0.3) is 0 Å². The molecule has 2 aromatic rings. The van der Waals surface area contributed by atoms with Gasteiger partial charge in [0.2, 0.25) is 16.0 Å². The first-order valence-corrected chi connectivity index (χ1v) is 8.73. The van der Waals surface area contributed by atoms with Crippen molar-refractivity contribution in [1.82, 2.24) is 14.7 Å². The van der Waals surface area contributed by atoms with Gasteiger partial charge >= 0.3 is 0 Å². The van der Waals surface area contributed by atoms with Gasteiger partial charge in [0, 0.05) is 31.5 Å². The number of anilines is 1. The Kier molecular flexibility index (Phi) is 4.35. The number of nitrogens with zero attached hydrogens (tertiary/aromatic N) is 3. The molecule has 1 fully saturated rings. The van der Waals surface area contributed by atoms with Crippen molar-refractivity contribution in [2.45, 2.75) is 23.8 Å². The van der Waals surface area contributed by atoms with Crippen LogP contribution in [0.25, 0.3) is 0 Å². The number of hydrogen-bond donors (Lipinski definition) is 1. The van der Waals surface area contributed by atoms with Gasteiger partial charge in [0.05, 0.1) is 4.90 Å². The third-order valence-electron chi connectivity index (χ3n) is 3.71. The highest BCUT2D eigenvalue weighted by Gasteiger charge is 2.25. The molecular weight excluding hydrogens is 300 g/mol. The molecule has 3 rings (SSSR count). The number of sulfonamides is 1. The number of hydrogen-bond acceptors (Lipinski definition) is 5. The normalized spacial score (nSPS) is 16.6. The maximum absolute atomic E-state index is 12.3. The molecule has 0 unspecified atom stereocenters. The van der Waals surface area contributed by atoms with Crippen molar-refractivity contribution >= 4 is 16.0 Å². The highest BCUT2D eigenvalue weighted by Crippen LogP contribution is 2.17. The first-order chi connectivity index (χ1) is 10.6. The zero-order valence-electron chi connectivity index (χ0n) is 12.1. The van der Waals surface area contributed by atoms with Crippen LogP contribution in [0.4, 0.5) is 5.95 Å². The Bertz CT molecular complexity index is 699. The molecule has 1 aliphatic heterocycles. The zero-order valence-corrected chi connectivity index (χ0v) is 12.9. The lowest BCUT2D eigenvalue weighted by Gasteiger charge is -2.32. The Hall–Kier alpha value is -1.99. The first kappa shape index (κ1) is 14.9. The Morgan fingerprint density at radius 1 is 1.00 bits per heavy atom. The van der Waals surface area contributed by atoms with Crippen LogP contribution >= 0.6 is 0 Å². The quantitative estimate of drug-likeness (QED) is 0.923. The molecule has 0 saturated carbocycles. The largest absolute Gasteiger partial charge is 0.341 e. The zero-order chi connectivity index (χ0) is 15.4. The van der Waals surface area contributed by atoms with Crippen LogP contribution in [0.3, 0.4) is 0 Å². The molecular formula is C15H18N4O2S. The van der Waals surface area contributed by atoms with E-state index in [9.17, 15) is 8.42 Å². The van der Waals surface area contributed by atoms with Crippen LogP contribution in [0.1, 0.15) is 12.8 Å². The van der Waals surface area contributed by atoms with Crippen molar-refractivity contribution in [2.75, 3.05) is 18.0 Å². The fourth-order valence-corrected chi connectivity index (χ4v) is 3.87. The molecule has 0 radical (unpaired) electrons. The molecule has 6 nitrogen and oxygen atoms in total. The molecule has 22 heavy (non-hydrogen) atoms. The number of rotatable bonds is 4. The van der Waals surface area contributed by atoms with Crippen molar-refractivity contribution in [2.24, 2.45) is 0 Å². The van der Waals surface area contributed by atoms with Crippen LogP contribution in [0.5, 0.6) is 0 Å². The van der Waals surface area contributed by atoms with Crippen molar-refractivity contribution in [3.63, 3.8) is 0 Å². The van der Waals surface area contributed by atoms with Gasteiger partial charge in [0.1, 0.15) is 0 Å². The minimum absolute atomic E-state index is 0.0508. The summed E-state index contributed by atoms with van der Waals surface area (Å²) in [6.07, 6.45) is 4.91. The third kappa shape index (κ3) is 3.42. The number of aromatic nitrogens is 2. The molecule has 116 valence electrons. The number of nitrogens with one attached hydrogen (secondary N) is 1. The second kappa shape index (κ2) is 6.41. The summed E-state index contributed by atoms with van der Waals surface area (Å²) in [7, 11) is -3.44. The molecule has 1 N–H and O–H groups in total.